The lowest BCUT2D eigenvalue weighted by molar-refractivity contribution is -0.384. The fourth-order valence-electron chi connectivity index (χ4n) is 1.34. The van der Waals surface area contributed by atoms with E-state index < -0.39 is 4.92 Å². The number of terminal acetylenes is 2. The molecule has 0 aliphatic rings. The number of benzene rings is 2. The average molecular weight is 277 g/mol. The highest BCUT2D eigenvalue weighted by Gasteiger charge is 2.01. The third-order valence-electron chi connectivity index (χ3n) is 2.46. The van der Waals surface area contributed by atoms with Crippen molar-refractivity contribution >= 4 is 12.0 Å². The summed E-state index contributed by atoms with van der Waals surface area (Å²) < 4.78 is 0. The largest absolute Gasteiger partial charge is 0.298 e. The molecule has 4 nitrogen and oxygen atoms in total. The normalized spacial score (nSPS) is 8.48. The summed E-state index contributed by atoms with van der Waals surface area (Å²) in [6.07, 6.45) is 11.0. The van der Waals surface area contributed by atoms with Crippen LogP contribution in [-0.4, -0.2) is 11.2 Å². The molecule has 2 aromatic rings. The van der Waals surface area contributed by atoms with Crippen LogP contribution in [0.3, 0.4) is 0 Å². The predicted octanol–water partition coefficient (Wildman–Crippen LogP) is 3.06. The van der Waals surface area contributed by atoms with Gasteiger partial charge in [0.2, 0.25) is 0 Å². The monoisotopic (exact) mass is 277 g/mol. The van der Waals surface area contributed by atoms with E-state index in [1.165, 1.54) is 24.3 Å². The van der Waals surface area contributed by atoms with Gasteiger partial charge >= 0.3 is 0 Å². The third kappa shape index (κ3) is 5.02. The zero-order chi connectivity index (χ0) is 15.7. The number of carbonyl (C=O) groups is 1. The second-order valence-corrected chi connectivity index (χ2v) is 3.83. The van der Waals surface area contributed by atoms with Gasteiger partial charge in [0.05, 0.1) is 4.92 Å². The Morgan fingerprint density at radius 3 is 1.67 bits per heavy atom. The van der Waals surface area contributed by atoms with Crippen molar-refractivity contribution in [2.45, 2.75) is 0 Å². The number of non-ortho nitro benzene ring substituents is 1. The summed E-state index contributed by atoms with van der Waals surface area (Å²) in [5, 5.41) is 10.2. The molecule has 0 unspecified atom stereocenters. The Kier molecular flexibility index (Phi) is 5.93. The van der Waals surface area contributed by atoms with Crippen molar-refractivity contribution < 1.29 is 9.72 Å². The van der Waals surface area contributed by atoms with Gasteiger partial charge in [-0.05, 0) is 24.3 Å². The van der Waals surface area contributed by atoms with Crippen molar-refractivity contribution in [3.05, 3.63) is 75.3 Å². The van der Waals surface area contributed by atoms with Gasteiger partial charge in [-0.2, -0.15) is 0 Å². The number of rotatable bonds is 2. The molecular formula is C17H11NO3. The summed E-state index contributed by atoms with van der Waals surface area (Å²) in [7, 11) is 0. The van der Waals surface area contributed by atoms with Gasteiger partial charge in [-0.25, -0.2) is 0 Å². The van der Waals surface area contributed by atoms with E-state index in [-0.39, 0.29) is 5.69 Å². The van der Waals surface area contributed by atoms with Crippen LogP contribution in [0.2, 0.25) is 0 Å². The van der Waals surface area contributed by atoms with E-state index in [4.69, 9.17) is 12.8 Å². The molecule has 0 fully saturated rings. The van der Waals surface area contributed by atoms with Gasteiger partial charge in [-0.1, -0.05) is 24.0 Å². The van der Waals surface area contributed by atoms with E-state index in [1.807, 2.05) is 0 Å². The van der Waals surface area contributed by atoms with E-state index in [1.54, 1.807) is 24.3 Å². The molecule has 21 heavy (non-hydrogen) atoms. The molecule has 102 valence electrons. The highest BCUT2D eigenvalue weighted by atomic mass is 16.6. The zero-order valence-electron chi connectivity index (χ0n) is 11.0. The molecule has 0 N–H and O–H groups in total. The van der Waals surface area contributed by atoms with Crippen molar-refractivity contribution in [1.29, 1.82) is 0 Å². The first-order valence-electron chi connectivity index (χ1n) is 5.83. The van der Waals surface area contributed by atoms with Crippen LogP contribution in [0.1, 0.15) is 21.5 Å². The lowest BCUT2D eigenvalue weighted by Gasteiger charge is -1.89. The van der Waals surface area contributed by atoms with Gasteiger partial charge in [-0.3, -0.25) is 14.9 Å². The van der Waals surface area contributed by atoms with Crippen molar-refractivity contribution in [3.63, 3.8) is 0 Å². The topological polar surface area (TPSA) is 60.2 Å². The van der Waals surface area contributed by atoms with Crippen LogP contribution in [0.4, 0.5) is 5.69 Å². The van der Waals surface area contributed by atoms with Crippen LogP contribution < -0.4 is 0 Å². The molecule has 0 saturated carbocycles. The second-order valence-electron chi connectivity index (χ2n) is 3.83. The quantitative estimate of drug-likeness (QED) is 0.367. The summed E-state index contributed by atoms with van der Waals surface area (Å²) in [5.41, 5.74) is 2.16. The van der Waals surface area contributed by atoms with Gasteiger partial charge < -0.3 is 0 Å². The first kappa shape index (κ1) is 15.7. The maximum Gasteiger partial charge on any atom is 0.269 e. The number of aldehydes is 1. The van der Waals surface area contributed by atoms with Crippen LogP contribution in [0.5, 0.6) is 0 Å². The second kappa shape index (κ2) is 7.93. The molecular weight excluding hydrogens is 266 g/mol. The van der Waals surface area contributed by atoms with E-state index in [9.17, 15) is 14.9 Å². The zero-order valence-corrected chi connectivity index (χ0v) is 11.0. The molecule has 0 heterocycles. The molecule has 0 radical (unpaired) electrons. The van der Waals surface area contributed by atoms with Gasteiger partial charge in [0.15, 0.2) is 0 Å². The molecule has 2 aromatic carbocycles. The molecule has 0 amide bonds. The van der Waals surface area contributed by atoms with E-state index in [2.05, 4.69) is 11.8 Å². The maximum absolute atomic E-state index is 10.2. The Bertz CT molecular complexity index is 702. The minimum absolute atomic E-state index is 0.0593. The molecule has 0 aliphatic carbocycles. The average Bonchev–Trinajstić information content (AvgIpc) is 2.55. The summed E-state index contributed by atoms with van der Waals surface area (Å²) >= 11 is 0. The van der Waals surface area contributed by atoms with Crippen molar-refractivity contribution in [2.24, 2.45) is 0 Å². The highest BCUT2D eigenvalue weighted by Crippen LogP contribution is 2.10. The minimum Gasteiger partial charge on any atom is -0.298 e. The fourth-order valence-corrected chi connectivity index (χ4v) is 1.34. The number of carbonyl (C=O) groups excluding carboxylic acids is 1. The molecule has 0 bridgehead atoms. The summed E-state index contributed by atoms with van der Waals surface area (Å²) in [6.45, 7) is 0. The van der Waals surface area contributed by atoms with Gasteiger partial charge in [0, 0.05) is 28.8 Å². The van der Waals surface area contributed by atoms with Gasteiger partial charge in [0.25, 0.3) is 5.69 Å². The molecule has 0 aromatic heterocycles. The third-order valence-corrected chi connectivity index (χ3v) is 2.46. The Hall–Kier alpha value is -3.37. The maximum atomic E-state index is 10.2. The van der Waals surface area contributed by atoms with Crippen LogP contribution >= 0.6 is 0 Å². The Balaban J connectivity index is 0.000000211. The predicted molar refractivity (Wildman–Crippen MR) is 80.8 cm³/mol. The van der Waals surface area contributed by atoms with Crippen molar-refractivity contribution in [3.8, 4) is 24.7 Å². The highest BCUT2D eigenvalue weighted by molar-refractivity contribution is 5.74. The molecule has 0 spiro atoms. The Morgan fingerprint density at radius 2 is 1.33 bits per heavy atom. The first-order chi connectivity index (χ1) is 10.1. The van der Waals surface area contributed by atoms with Gasteiger partial charge in [0.1, 0.15) is 6.29 Å². The fraction of sp³-hybridized carbons (Fsp3) is 0. The molecule has 2 rings (SSSR count). The Labute approximate surface area is 122 Å². The minimum atomic E-state index is -0.458. The molecule has 0 saturated heterocycles. The Morgan fingerprint density at radius 1 is 0.905 bits per heavy atom. The summed E-state index contributed by atoms with van der Waals surface area (Å²) in [5.74, 6) is 4.83. The van der Waals surface area contributed by atoms with Crippen LogP contribution in [-0.2, 0) is 0 Å². The van der Waals surface area contributed by atoms with Crippen molar-refractivity contribution in [1.82, 2.24) is 0 Å². The van der Waals surface area contributed by atoms with E-state index in [0.29, 0.717) is 11.1 Å². The summed E-state index contributed by atoms with van der Waals surface area (Å²) in [4.78, 5) is 19.9. The number of nitro benzene ring substituents is 1. The van der Waals surface area contributed by atoms with Crippen LogP contribution in [0, 0.1) is 34.8 Å². The smallest absolute Gasteiger partial charge is 0.269 e. The lowest BCUT2D eigenvalue weighted by Crippen LogP contribution is -1.86. The van der Waals surface area contributed by atoms with Gasteiger partial charge in [-0.15, -0.1) is 12.8 Å². The van der Waals surface area contributed by atoms with Crippen molar-refractivity contribution in [2.75, 3.05) is 0 Å². The first-order valence-corrected chi connectivity index (χ1v) is 5.83. The van der Waals surface area contributed by atoms with E-state index in [0.717, 1.165) is 11.8 Å². The standard InChI is InChI=1S/C9H6O.C8H5NO2/c1-2-8-3-5-9(7-10)6-4-8;1-2-7-3-5-8(6-4-7)9(10)11/h1,3-7H;1,3-6H. The number of hydrogen-bond donors (Lipinski definition) is 0. The van der Waals surface area contributed by atoms with Crippen LogP contribution in [0.15, 0.2) is 48.5 Å². The SMILES string of the molecule is C#Cc1ccc(C=O)cc1.C#Cc1ccc([N+](=O)[O-])cc1. The van der Waals surface area contributed by atoms with E-state index >= 15 is 0 Å². The van der Waals surface area contributed by atoms with Crippen LogP contribution in [0.25, 0.3) is 0 Å². The number of nitrogens with zero attached hydrogens (tertiary/aromatic N) is 1. The molecule has 0 atom stereocenters. The lowest BCUT2D eigenvalue weighted by atomic mass is 10.2. The summed E-state index contributed by atoms with van der Waals surface area (Å²) in [6, 6.07) is 12.7. The molecule has 0 aliphatic heterocycles. The molecule has 4 heteroatoms. The number of hydrogen-bond acceptors (Lipinski definition) is 3. The number of nitro groups is 1.